The van der Waals surface area contributed by atoms with Crippen molar-refractivity contribution < 1.29 is 9.90 Å². The van der Waals surface area contributed by atoms with E-state index < -0.39 is 6.09 Å². The molecule has 1 spiro atoms. The van der Waals surface area contributed by atoms with Crippen molar-refractivity contribution >= 4 is 6.09 Å². The van der Waals surface area contributed by atoms with E-state index in [9.17, 15) is 4.79 Å². The van der Waals surface area contributed by atoms with Crippen LogP contribution in [0.25, 0.3) is 0 Å². The highest BCUT2D eigenvalue weighted by atomic mass is 16.4. The molecule has 0 aromatic rings. The molecule has 0 radical (unpaired) electrons. The van der Waals surface area contributed by atoms with Gasteiger partial charge >= 0.3 is 6.09 Å². The Labute approximate surface area is 109 Å². The molecule has 100 valence electrons. The normalized spacial score (nSPS) is 23.8. The largest absolute Gasteiger partial charge is 0.465 e. The zero-order valence-corrected chi connectivity index (χ0v) is 10.9. The van der Waals surface area contributed by atoms with Crippen molar-refractivity contribution in [3.8, 4) is 12.3 Å². The number of amides is 1. The summed E-state index contributed by atoms with van der Waals surface area (Å²) in [4.78, 5) is 14.9. The Balaban J connectivity index is 1.88. The molecular weight excluding hydrogens is 228 g/mol. The van der Waals surface area contributed by atoms with Crippen molar-refractivity contribution in [2.45, 2.75) is 32.1 Å². The number of likely N-dealkylation sites (tertiary alicyclic amines) is 2. The van der Waals surface area contributed by atoms with Gasteiger partial charge in [0.2, 0.25) is 0 Å². The Morgan fingerprint density at radius 1 is 1.28 bits per heavy atom. The van der Waals surface area contributed by atoms with E-state index in [-0.39, 0.29) is 0 Å². The Kier molecular flexibility index (Phi) is 4.13. The average Bonchev–Trinajstić information content (AvgIpc) is 2.37. The Morgan fingerprint density at radius 2 is 2.00 bits per heavy atom. The van der Waals surface area contributed by atoms with Crippen molar-refractivity contribution in [2.75, 3.05) is 32.7 Å². The van der Waals surface area contributed by atoms with Gasteiger partial charge in [-0.3, -0.25) is 0 Å². The van der Waals surface area contributed by atoms with E-state index in [0.717, 1.165) is 38.9 Å². The number of terminal acetylenes is 1. The average molecular weight is 250 g/mol. The van der Waals surface area contributed by atoms with Crippen LogP contribution in [0.3, 0.4) is 0 Å². The highest BCUT2D eigenvalue weighted by Crippen LogP contribution is 2.39. The summed E-state index contributed by atoms with van der Waals surface area (Å²) in [5.41, 5.74) is 0.346. The number of rotatable bonds is 2. The summed E-state index contributed by atoms with van der Waals surface area (Å²) >= 11 is 0. The van der Waals surface area contributed by atoms with Crippen molar-refractivity contribution in [3.05, 3.63) is 0 Å². The molecule has 0 aliphatic carbocycles. The van der Waals surface area contributed by atoms with Gasteiger partial charge in [-0.1, -0.05) is 0 Å². The van der Waals surface area contributed by atoms with Gasteiger partial charge in [0, 0.05) is 32.6 Å². The van der Waals surface area contributed by atoms with Crippen LogP contribution < -0.4 is 0 Å². The highest BCUT2D eigenvalue weighted by Gasteiger charge is 2.38. The third kappa shape index (κ3) is 2.97. The molecule has 2 aliphatic rings. The summed E-state index contributed by atoms with van der Waals surface area (Å²) in [7, 11) is 0. The fraction of sp³-hybridized carbons (Fsp3) is 0.786. The molecule has 1 amide bonds. The van der Waals surface area contributed by atoms with Crippen LogP contribution in [0, 0.1) is 17.8 Å². The fourth-order valence-electron chi connectivity index (χ4n) is 3.30. The van der Waals surface area contributed by atoms with E-state index in [1.165, 1.54) is 12.8 Å². The first kappa shape index (κ1) is 13.2. The first-order valence-corrected chi connectivity index (χ1v) is 6.79. The molecular formula is C14H22N2O2. The maximum atomic E-state index is 10.9. The third-order valence-corrected chi connectivity index (χ3v) is 4.41. The molecule has 2 saturated heterocycles. The molecule has 1 N–H and O–H groups in total. The van der Waals surface area contributed by atoms with E-state index in [2.05, 4.69) is 10.8 Å². The van der Waals surface area contributed by atoms with Crippen molar-refractivity contribution in [3.63, 3.8) is 0 Å². The molecule has 2 aliphatic heterocycles. The van der Waals surface area contributed by atoms with E-state index >= 15 is 0 Å². The van der Waals surface area contributed by atoms with Crippen LogP contribution in [-0.2, 0) is 0 Å². The number of carbonyl (C=O) groups is 1. The number of hydrogen-bond donors (Lipinski definition) is 1. The van der Waals surface area contributed by atoms with Crippen LogP contribution >= 0.6 is 0 Å². The topological polar surface area (TPSA) is 43.8 Å². The van der Waals surface area contributed by atoms with Gasteiger partial charge in [-0.05, 0) is 37.6 Å². The molecule has 0 unspecified atom stereocenters. The van der Waals surface area contributed by atoms with Crippen molar-refractivity contribution in [2.24, 2.45) is 5.41 Å². The van der Waals surface area contributed by atoms with Crippen LogP contribution in [-0.4, -0.2) is 53.7 Å². The molecule has 0 saturated carbocycles. The first-order valence-electron chi connectivity index (χ1n) is 6.79. The lowest BCUT2D eigenvalue weighted by Gasteiger charge is -2.47. The second-order valence-corrected chi connectivity index (χ2v) is 5.60. The minimum absolute atomic E-state index is 0.346. The zero-order valence-electron chi connectivity index (χ0n) is 10.9. The number of carboxylic acid groups (broad SMARTS) is 1. The van der Waals surface area contributed by atoms with E-state index in [4.69, 9.17) is 11.5 Å². The fourth-order valence-corrected chi connectivity index (χ4v) is 3.30. The van der Waals surface area contributed by atoms with Gasteiger partial charge < -0.3 is 14.9 Å². The Bertz CT molecular complexity index is 340. The predicted octanol–water partition coefficient (Wildman–Crippen LogP) is 1.87. The second-order valence-electron chi connectivity index (χ2n) is 5.60. The summed E-state index contributed by atoms with van der Waals surface area (Å²) in [5, 5.41) is 8.99. The van der Waals surface area contributed by atoms with Gasteiger partial charge in [0.15, 0.2) is 0 Å². The number of hydrogen-bond acceptors (Lipinski definition) is 2. The number of piperidine rings is 2. The molecule has 2 heterocycles. The lowest BCUT2D eigenvalue weighted by Crippen LogP contribution is -2.50. The zero-order chi connectivity index (χ0) is 13.0. The summed E-state index contributed by atoms with van der Waals surface area (Å²) in [6, 6.07) is 0. The smallest absolute Gasteiger partial charge is 0.407 e. The molecule has 0 aromatic heterocycles. The minimum Gasteiger partial charge on any atom is -0.465 e. The van der Waals surface area contributed by atoms with Gasteiger partial charge in [-0.15, -0.1) is 12.3 Å². The van der Waals surface area contributed by atoms with Crippen LogP contribution in [0.4, 0.5) is 4.79 Å². The van der Waals surface area contributed by atoms with Crippen molar-refractivity contribution in [1.82, 2.24) is 9.80 Å². The van der Waals surface area contributed by atoms with Gasteiger partial charge in [0.25, 0.3) is 0 Å². The minimum atomic E-state index is -0.773. The van der Waals surface area contributed by atoms with Crippen LogP contribution in [0.15, 0.2) is 0 Å². The van der Waals surface area contributed by atoms with E-state index in [1.54, 1.807) is 4.90 Å². The van der Waals surface area contributed by atoms with Gasteiger partial charge in [-0.2, -0.15) is 0 Å². The van der Waals surface area contributed by atoms with E-state index in [1.807, 2.05) is 0 Å². The molecule has 0 bridgehead atoms. The second kappa shape index (κ2) is 5.62. The highest BCUT2D eigenvalue weighted by molar-refractivity contribution is 5.65. The molecule has 0 atom stereocenters. The summed E-state index contributed by atoms with van der Waals surface area (Å²) in [6.45, 7) is 4.62. The predicted molar refractivity (Wildman–Crippen MR) is 70.4 cm³/mol. The lowest BCUT2D eigenvalue weighted by molar-refractivity contribution is 0.0271. The monoisotopic (exact) mass is 250 g/mol. The molecule has 4 heteroatoms. The maximum Gasteiger partial charge on any atom is 0.407 e. The van der Waals surface area contributed by atoms with Gasteiger partial charge in [-0.25, -0.2) is 4.79 Å². The standard InChI is InChI=1S/C14H22N2O2/c1-2-3-8-15-9-4-5-14(12-15)6-10-16(11-7-14)13(17)18/h1H,3-12H2,(H,17,18). The van der Waals surface area contributed by atoms with Crippen LogP contribution in [0.1, 0.15) is 32.1 Å². The lowest BCUT2D eigenvalue weighted by atomic mass is 9.72. The molecule has 18 heavy (non-hydrogen) atoms. The Hall–Kier alpha value is -1.21. The third-order valence-electron chi connectivity index (χ3n) is 4.41. The molecule has 2 fully saturated rings. The van der Waals surface area contributed by atoms with Crippen LogP contribution in [0.2, 0.25) is 0 Å². The summed E-state index contributed by atoms with van der Waals surface area (Å²) in [5.74, 6) is 2.70. The van der Waals surface area contributed by atoms with Crippen molar-refractivity contribution in [1.29, 1.82) is 0 Å². The molecule has 4 nitrogen and oxygen atoms in total. The number of nitrogens with zero attached hydrogens (tertiary/aromatic N) is 2. The van der Waals surface area contributed by atoms with Crippen LogP contribution in [0.5, 0.6) is 0 Å². The summed E-state index contributed by atoms with van der Waals surface area (Å²) in [6.07, 6.45) is 9.84. The van der Waals surface area contributed by atoms with Gasteiger partial charge in [0.1, 0.15) is 0 Å². The summed E-state index contributed by atoms with van der Waals surface area (Å²) < 4.78 is 0. The first-order chi connectivity index (χ1) is 8.65. The maximum absolute atomic E-state index is 10.9. The SMILES string of the molecule is C#CCCN1CCCC2(CCN(C(=O)O)CC2)C1. The molecule has 2 rings (SSSR count). The molecule has 0 aromatic carbocycles. The Morgan fingerprint density at radius 3 is 2.61 bits per heavy atom. The van der Waals surface area contributed by atoms with E-state index in [0.29, 0.717) is 18.5 Å². The quantitative estimate of drug-likeness (QED) is 0.761. The van der Waals surface area contributed by atoms with Gasteiger partial charge in [0.05, 0.1) is 0 Å².